The molecule has 0 aliphatic rings. The van der Waals surface area contributed by atoms with Crippen LogP contribution in [-0.4, -0.2) is 15.3 Å². The second-order valence-electron chi connectivity index (χ2n) is 3.78. The van der Waals surface area contributed by atoms with Crippen LogP contribution in [0.4, 0.5) is 8.78 Å². The number of nitrogens with zero attached hydrogens (tertiary/aromatic N) is 1. The van der Waals surface area contributed by atoms with Crippen molar-refractivity contribution >= 4 is 11.6 Å². The van der Waals surface area contributed by atoms with Crippen LogP contribution >= 0.6 is 11.6 Å². The summed E-state index contributed by atoms with van der Waals surface area (Å²) >= 11 is 6.10. The molecule has 1 atom stereocenters. The molecule has 2 aromatic rings. The molecule has 1 unspecified atom stereocenters. The second kappa shape index (κ2) is 5.27. The first-order chi connectivity index (χ1) is 8.15. The lowest BCUT2D eigenvalue weighted by Gasteiger charge is -2.08. The molecule has 0 radical (unpaired) electrons. The number of hydrogen-bond donors (Lipinski definition) is 1. The predicted molar refractivity (Wildman–Crippen MR) is 62.0 cm³/mol. The number of rotatable bonds is 4. The molecule has 0 saturated carbocycles. The lowest BCUT2D eigenvalue weighted by atomic mass is 10.1. The van der Waals surface area contributed by atoms with E-state index in [1.54, 1.807) is 12.4 Å². The Bertz CT molecular complexity index is 485. The van der Waals surface area contributed by atoms with E-state index in [0.29, 0.717) is 18.4 Å². The molecule has 0 saturated heterocycles. The van der Waals surface area contributed by atoms with E-state index in [1.165, 1.54) is 12.1 Å². The van der Waals surface area contributed by atoms with Gasteiger partial charge in [-0.05, 0) is 18.1 Å². The number of benzene rings is 1. The SMILES string of the molecule is Fc1ccc(CC(Cl)Cc2ncc[nH]2)c(F)c1. The zero-order valence-electron chi connectivity index (χ0n) is 8.96. The third kappa shape index (κ3) is 3.27. The minimum absolute atomic E-state index is 0.277. The lowest BCUT2D eigenvalue weighted by molar-refractivity contribution is 0.569. The molecule has 0 spiro atoms. The van der Waals surface area contributed by atoms with Crippen molar-refractivity contribution in [2.24, 2.45) is 0 Å². The number of aromatic nitrogens is 2. The van der Waals surface area contributed by atoms with Gasteiger partial charge in [-0.25, -0.2) is 13.8 Å². The average molecular weight is 257 g/mol. The highest BCUT2D eigenvalue weighted by Crippen LogP contribution is 2.16. The molecule has 0 amide bonds. The van der Waals surface area contributed by atoms with Gasteiger partial charge < -0.3 is 4.98 Å². The summed E-state index contributed by atoms with van der Waals surface area (Å²) in [5.74, 6) is -0.383. The van der Waals surface area contributed by atoms with E-state index in [1.807, 2.05) is 0 Å². The molecule has 0 aliphatic heterocycles. The van der Waals surface area contributed by atoms with Crippen molar-refractivity contribution in [3.05, 3.63) is 53.6 Å². The molecular weight excluding hydrogens is 246 g/mol. The van der Waals surface area contributed by atoms with Crippen LogP contribution < -0.4 is 0 Å². The Morgan fingerprint density at radius 1 is 1.29 bits per heavy atom. The van der Waals surface area contributed by atoms with Gasteiger partial charge in [0.2, 0.25) is 0 Å². The molecule has 1 N–H and O–H groups in total. The molecule has 17 heavy (non-hydrogen) atoms. The molecule has 0 bridgehead atoms. The summed E-state index contributed by atoms with van der Waals surface area (Å²) in [5.41, 5.74) is 0.415. The maximum atomic E-state index is 13.4. The van der Waals surface area contributed by atoms with Gasteiger partial charge in [-0.15, -0.1) is 11.6 Å². The molecule has 1 heterocycles. The van der Waals surface area contributed by atoms with E-state index in [-0.39, 0.29) is 5.38 Å². The van der Waals surface area contributed by atoms with Crippen LogP contribution in [0, 0.1) is 11.6 Å². The zero-order valence-corrected chi connectivity index (χ0v) is 9.72. The minimum atomic E-state index is -0.580. The third-order valence-electron chi connectivity index (χ3n) is 2.43. The Kier molecular flexibility index (Phi) is 3.74. The molecular formula is C12H11ClF2N2. The normalized spacial score (nSPS) is 12.6. The summed E-state index contributed by atoms with van der Waals surface area (Å²) < 4.78 is 26.1. The molecule has 0 aliphatic carbocycles. The van der Waals surface area contributed by atoms with Gasteiger partial charge >= 0.3 is 0 Å². The molecule has 0 fully saturated rings. The van der Waals surface area contributed by atoms with Crippen molar-refractivity contribution in [1.29, 1.82) is 0 Å². The van der Waals surface area contributed by atoms with E-state index in [9.17, 15) is 8.78 Å². The summed E-state index contributed by atoms with van der Waals surface area (Å²) in [6.45, 7) is 0. The van der Waals surface area contributed by atoms with Crippen LogP contribution in [0.2, 0.25) is 0 Å². The number of hydrogen-bond acceptors (Lipinski definition) is 1. The minimum Gasteiger partial charge on any atom is -0.349 e. The zero-order chi connectivity index (χ0) is 12.3. The summed E-state index contributed by atoms with van der Waals surface area (Å²) in [5, 5.41) is -0.277. The van der Waals surface area contributed by atoms with Gasteiger partial charge in [0.25, 0.3) is 0 Å². The van der Waals surface area contributed by atoms with Gasteiger partial charge in [0.05, 0.1) is 0 Å². The van der Waals surface area contributed by atoms with Crippen LogP contribution in [0.1, 0.15) is 11.4 Å². The van der Waals surface area contributed by atoms with Crippen molar-refractivity contribution in [2.45, 2.75) is 18.2 Å². The van der Waals surface area contributed by atoms with Crippen molar-refractivity contribution < 1.29 is 8.78 Å². The van der Waals surface area contributed by atoms with Gasteiger partial charge in [0.1, 0.15) is 17.5 Å². The van der Waals surface area contributed by atoms with Gasteiger partial charge in [-0.1, -0.05) is 6.07 Å². The fourth-order valence-corrected chi connectivity index (χ4v) is 1.93. The summed E-state index contributed by atoms with van der Waals surface area (Å²) in [4.78, 5) is 6.97. The van der Waals surface area contributed by atoms with E-state index in [2.05, 4.69) is 9.97 Å². The highest BCUT2D eigenvalue weighted by Gasteiger charge is 2.12. The molecule has 2 nitrogen and oxygen atoms in total. The van der Waals surface area contributed by atoms with Crippen molar-refractivity contribution in [2.75, 3.05) is 0 Å². The lowest BCUT2D eigenvalue weighted by Crippen LogP contribution is -2.10. The number of alkyl halides is 1. The Hall–Kier alpha value is -1.42. The topological polar surface area (TPSA) is 28.7 Å². The van der Waals surface area contributed by atoms with Crippen LogP contribution in [-0.2, 0) is 12.8 Å². The Labute approximate surface area is 103 Å². The summed E-state index contributed by atoms with van der Waals surface area (Å²) in [7, 11) is 0. The summed E-state index contributed by atoms with van der Waals surface area (Å²) in [6, 6.07) is 3.52. The molecule has 5 heteroatoms. The highest BCUT2D eigenvalue weighted by molar-refractivity contribution is 6.20. The van der Waals surface area contributed by atoms with Crippen LogP contribution in [0.3, 0.4) is 0 Å². The van der Waals surface area contributed by atoms with Gasteiger partial charge in [0.15, 0.2) is 0 Å². The summed E-state index contributed by atoms with van der Waals surface area (Å²) in [6.07, 6.45) is 4.20. The van der Waals surface area contributed by atoms with Crippen LogP contribution in [0.5, 0.6) is 0 Å². The molecule has 90 valence electrons. The molecule has 1 aromatic heterocycles. The predicted octanol–water partition coefficient (Wildman–Crippen LogP) is 3.08. The number of H-pyrrole nitrogens is 1. The van der Waals surface area contributed by atoms with E-state index >= 15 is 0 Å². The monoisotopic (exact) mass is 256 g/mol. The quantitative estimate of drug-likeness (QED) is 0.837. The maximum Gasteiger partial charge on any atom is 0.129 e. The Morgan fingerprint density at radius 3 is 2.76 bits per heavy atom. The molecule has 1 aromatic carbocycles. The van der Waals surface area contributed by atoms with Gasteiger partial charge in [0, 0.05) is 30.3 Å². The number of aromatic amines is 1. The Balaban J connectivity index is 2.00. The fraction of sp³-hybridized carbons (Fsp3) is 0.250. The maximum absolute atomic E-state index is 13.4. The van der Waals surface area contributed by atoms with Gasteiger partial charge in [-0.2, -0.15) is 0 Å². The largest absolute Gasteiger partial charge is 0.349 e. The molecule has 2 rings (SSSR count). The Morgan fingerprint density at radius 2 is 2.12 bits per heavy atom. The second-order valence-corrected chi connectivity index (χ2v) is 4.39. The van der Waals surface area contributed by atoms with Crippen LogP contribution in [0.25, 0.3) is 0 Å². The third-order valence-corrected chi connectivity index (χ3v) is 2.73. The van der Waals surface area contributed by atoms with Gasteiger partial charge in [-0.3, -0.25) is 0 Å². The van der Waals surface area contributed by atoms with Crippen LogP contribution in [0.15, 0.2) is 30.6 Å². The first-order valence-electron chi connectivity index (χ1n) is 5.21. The number of imidazole rings is 1. The van der Waals surface area contributed by atoms with Crippen molar-refractivity contribution in [3.8, 4) is 0 Å². The van der Waals surface area contributed by atoms with E-state index in [4.69, 9.17) is 11.6 Å². The van der Waals surface area contributed by atoms with E-state index < -0.39 is 11.6 Å². The van der Waals surface area contributed by atoms with Crippen molar-refractivity contribution in [1.82, 2.24) is 9.97 Å². The van der Waals surface area contributed by atoms with Crippen molar-refractivity contribution in [3.63, 3.8) is 0 Å². The standard InChI is InChI=1S/C12H11ClF2N2/c13-9(6-12-16-3-4-17-12)5-8-1-2-10(14)7-11(8)15/h1-4,7,9H,5-6H2,(H,16,17). The number of nitrogens with one attached hydrogen (secondary N) is 1. The fourth-order valence-electron chi connectivity index (χ4n) is 1.62. The van der Waals surface area contributed by atoms with E-state index in [0.717, 1.165) is 11.9 Å². The smallest absolute Gasteiger partial charge is 0.129 e. The highest BCUT2D eigenvalue weighted by atomic mass is 35.5. The first kappa shape index (κ1) is 12.0. The number of halogens is 3. The average Bonchev–Trinajstić information content (AvgIpc) is 2.75. The first-order valence-corrected chi connectivity index (χ1v) is 5.65.